The van der Waals surface area contributed by atoms with Crippen LogP contribution in [-0.2, 0) is 0 Å². The van der Waals surface area contributed by atoms with E-state index in [4.69, 9.17) is 15.1 Å². The van der Waals surface area contributed by atoms with Gasteiger partial charge in [0.1, 0.15) is 17.5 Å². The first-order valence-electron chi connectivity index (χ1n) is 8.99. The summed E-state index contributed by atoms with van der Waals surface area (Å²) in [7, 11) is 0. The lowest BCUT2D eigenvalue weighted by Crippen LogP contribution is -2.20. The molecular weight excluding hydrogens is 317 g/mol. The van der Waals surface area contributed by atoms with Gasteiger partial charge in [-0.2, -0.15) is 5.10 Å². The fraction of sp³-hybridized carbons (Fsp3) is 0.421. The zero-order chi connectivity index (χ0) is 17.0. The fourth-order valence-corrected chi connectivity index (χ4v) is 3.62. The molecule has 1 saturated heterocycles. The summed E-state index contributed by atoms with van der Waals surface area (Å²) in [6.07, 6.45) is 4.73. The van der Waals surface area contributed by atoms with Gasteiger partial charge in [0, 0.05) is 19.0 Å². The minimum atomic E-state index is -0.247. The molecule has 1 aliphatic heterocycles. The lowest BCUT2D eigenvalue weighted by atomic mass is 10.2. The third-order valence-electron chi connectivity index (χ3n) is 5.12. The molecule has 5 nitrogen and oxygen atoms in total. The molecule has 1 saturated carbocycles. The number of anilines is 1. The number of aryl methyl sites for hydroxylation is 1. The lowest BCUT2D eigenvalue weighted by molar-refractivity contribution is 0.627. The van der Waals surface area contributed by atoms with Gasteiger partial charge >= 0.3 is 0 Å². The maximum absolute atomic E-state index is 13.3. The Morgan fingerprint density at radius 3 is 2.44 bits per heavy atom. The van der Waals surface area contributed by atoms with E-state index in [0.717, 1.165) is 60.0 Å². The van der Waals surface area contributed by atoms with Crippen molar-refractivity contribution in [2.75, 3.05) is 18.0 Å². The Balaban J connectivity index is 1.75. The van der Waals surface area contributed by atoms with E-state index in [1.807, 2.05) is 11.6 Å². The molecule has 0 unspecified atom stereocenters. The van der Waals surface area contributed by atoms with Crippen LogP contribution in [0.15, 0.2) is 24.3 Å². The average molecular weight is 337 g/mol. The summed E-state index contributed by atoms with van der Waals surface area (Å²) in [5.74, 6) is 2.18. The standard InChI is InChI=1S/C19H20FN5/c1-12-16-18(24-10-2-3-11-24)21-17(13-4-5-13)22-19(16)25(23-12)15-8-6-14(20)7-9-15/h6-9,13H,2-5,10-11H2,1H3. The van der Waals surface area contributed by atoms with Gasteiger partial charge in [-0.1, -0.05) is 0 Å². The summed E-state index contributed by atoms with van der Waals surface area (Å²) in [6.45, 7) is 4.08. The van der Waals surface area contributed by atoms with E-state index in [1.165, 1.54) is 25.0 Å². The zero-order valence-corrected chi connectivity index (χ0v) is 14.2. The predicted octanol–water partition coefficient (Wildman–Crippen LogP) is 3.74. The van der Waals surface area contributed by atoms with Crippen LogP contribution in [0, 0.1) is 12.7 Å². The average Bonchev–Trinajstić information content (AvgIpc) is 3.22. The first-order valence-corrected chi connectivity index (χ1v) is 8.99. The molecule has 0 radical (unpaired) electrons. The van der Waals surface area contributed by atoms with E-state index >= 15 is 0 Å². The van der Waals surface area contributed by atoms with Gasteiger partial charge in [-0.25, -0.2) is 19.0 Å². The second-order valence-electron chi connectivity index (χ2n) is 7.05. The first-order chi connectivity index (χ1) is 12.2. The summed E-state index contributed by atoms with van der Waals surface area (Å²) in [5.41, 5.74) is 2.58. The summed E-state index contributed by atoms with van der Waals surface area (Å²) in [6, 6.07) is 6.41. The van der Waals surface area contributed by atoms with Gasteiger partial charge < -0.3 is 4.90 Å². The molecule has 1 aromatic carbocycles. The van der Waals surface area contributed by atoms with Crippen molar-refractivity contribution in [3.63, 3.8) is 0 Å². The van der Waals surface area contributed by atoms with Crippen LogP contribution in [-0.4, -0.2) is 32.8 Å². The fourth-order valence-electron chi connectivity index (χ4n) is 3.62. The molecule has 0 N–H and O–H groups in total. The van der Waals surface area contributed by atoms with Gasteiger partial charge in [0.05, 0.1) is 16.8 Å². The number of fused-ring (bicyclic) bond motifs is 1. The maximum atomic E-state index is 13.3. The smallest absolute Gasteiger partial charge is 0.169 e. The predicted molar refractivity (Wildman–Crippen MR) is 94.8 cm³/mol. The van der Waals surface area contributed by atoms with Gasteiger partial charge in [0.15, 0.2) is 5.65 Å². The maximum Gasteiger partial charge on any atom is 0.169 e. The van der Waals surface area contributed by atoms with E-state index in [0.29, 0.717) is 5.92 Å². The van der Waals surface area contributed by atoms with Crippen molar-refractivity contribution in [3.8, 4) is 5.69 Å². The number of nitrogens with zero attached hydrogens (tertiary/aromatic N) is 5. The van der Waals surface area contributed by atoms with Crippen molar-refractivity contribution in [1.29, 1.82) is 0 Å². The van der Waals surface area contributed by atoms with E-state index in [2.05, 4.69) is 4.90 Å². The molecule has 2 aliphatic rings. The van der Waals surface area contributed by atoms with Gasteiger partial charge in [0.25, 0.3) is 0 Å². The summed E-state index contributed by atoms with van der Waals surface area (Å²) in [4.78, 5) is 12.1. The molecule has 1 aliphatic carbocycles. The van der Waals surface area contributed by atoms with Crippen molar-refractivity contribution >= 4 is 16.9 Å². The van der Waals surface area contributed by atoms with E-state index in [9.17, 15) is 4.39 Å². The number of rotatable bonds is 3. The van der Waals surface area contributed by atoms with Crippen LogP contribution in [0.4, 0.5) is 10.2 Å². The third kappa shape index (κ3) is 2.47. The van der Waals surface area contributed by atoms with E-state index < -0.39 is 0 Å². The number of hydrogen-bond donors (Lipinski definition) is 0. The van der Waals surface area contributed by atoms with Crippen LogP contribution in [0.5, 0.6) is 0 Å². The highest BCUT2D eigenvalue weighted by molar-refractivity contribution is 5.91. The summed E-state index contributed by atoms with van der Waals surface area (Å²) in [5, 5.41) is 5.73. The molecule has 3 heterocycles. The highest BCUT2D eigenvalue weighted by atomic mass is 19.1. The summed E-state index contributed by atoms with van der Waals surface area (Å²) < 4.78 is 15.1. The van der Waals surface area contributed by atoms with Gasteiger partial charge in [0.2, 0.25) is 0 Å². The second-order valence-corrected chi connectivity index (χ2v) is 7.05. The highest BCUT2D eigenvalue weighted by Crippen LogP contribution is 2.41. The van der Waals surface area contributed by atoms with Crippen LogP contribution in [0.2, 0.25) is 0 Å². The third-order valence-corrected chi connectivity index (χ3v) is 5.12. The van der Waals surface area contributed by atoms with Crippen LogP contribution in [0.25, 0.3) is 16.7 Å². The highest BCUT2D eigenvalue weighted by Gasteiger charge is 2.30. The molecule has 0 atom stereocenters. The minimum Gasteiger partial charge on any atom is -0.356 e. The largest absolute Gasteiger partial charge is 0.356 e. The van der Waals surface area contributed by atoms with Gasteiger partial charge in [-0.05, 0) is 56.9 Å². The normalized spacial score (nSPS) is 17.6. The number of benzene rings is 1. The van der Waals surface area contributed by atoms with E-state index in [1.54, 1.807) is 12.1 Å². The van der Waals surface area contributed by atoms with E-state index in [-0.39, 0.29) is 5.82 Å². The van der Waals surface area contributed by atoms with Crippen molar-refractivity contribution in [2.24, 2.45) is 0 Å². The Hall–Kier alpha value is -2.50. The van der Waals surface area contributed by atoms with Crippen LogP contribution in [0.3, 0.4) is 0 Å². The molecule has 3 aromatic rings. The monoisotopic (exact) mass is 337 g/mol. The van der Waals surface area contributed by atoms with Crippen molar-refractivity contribution in [1.82, 2.24) is 19.7 Å². The molecule has 0 amide bonds. The van der Waals surface area contributed by atoms with Crippen molar-refractivity contribution in [2.45, 2.75) is 38.5 Å². The SMILES string of the molecule is Cc1nn(-c2ccc(F)cc2)c2nc(C3CC3)nc(N3CCCC3)c12. The Bertz CT molecular complexity index is 937. The molecule has 25 heavy (non-hydrogen) atoms. The molecule has 128 valence electrons. The Morgan fingerprint density at radius 2 is 1.76 bits per heavy atom. The zero-order valence-electron chi connectivity index (χ0n) is 14.2. The topological polar surface area (TPSA) is 46.8 Å². The molecule has 2 aromatic heterocycles. The molecular formula is C19H20FN5. The number of hydrogen-bond acceptors (Lipinski definition) is 4. The summed E-state index contributed by atoms with van der Waals surface area (Å²) >= 11 is 0. The molecule has 5 rings (SSSR count). The van der Waals surface area contributed by atoms with Gasteiger partial charge in [-0.3, -0.25) is 0 Å². The second kappa shape index (κ2) is 5.51. The molecule has 2 fully saturated rings. The molecule has 0 spiro atoms. The van der Waals surface area contributed by atoms with Crippen molar-refractivity contribution in [3.05, 3.63) is 41.6 Å². The Morgan fingerprint density at radius 1 is 1.04 bits per heavy atom. The molecule has 6 heteroatoms. The van der Waals surface area contributed by atoms with Crippen molar-refractivity contribution < 1.29 is 4.39 Å². The number of aromatic nitrogens is 4. The van der Waals surface area contributed by atoms with Crippen LogP contribution < -0.4 is 4.90 Å². The van der Waals surface area contributed by atoms with Gasteiger partial charge in [-0.15, -0.1) is 0 Å². The molecule has 0 bridgehead atoms. The van der Waals surface area contributed by atoms with Crippen LogP contribution in [0.1, 0.15) is 43.1 Å². The lowest BCUT2D eigenvalue weighted by Gasteiger charge is -2.18. The number of halogens is 1. The first kappa shape index (κ1) is 14.8. The Kier molecular flexibility index (Phi) is 3.26. The Labute approximate surface area is 145 Å². The quantitative estimate of drug-likeness (QED) is 0.730. The van der Waals surface area contributed by atoms with Crippen LogP contribution >= 0.6 is 0 Å². The minimum absolute atomic E-state index is 0.247.